The number of thioether (sulfide) groups is 1. The number of thiazole rings is 1. The monoisotopic (exact) mass is 507 g/mol. The predicted octanol–water partition coefficient (Wildman–Crippen LogP) is 1.71. The summed E-state index contributed by atoms with van der Waals surface area (Å²) in [5.41, 5.74) is 7.75. The smallest absolute Gasteiger partial charge is 0.352 e. The fourth-order valence-electron chi connectivity index (χ4n) is 3.54. The van der Waals surface area contributed by atoms with Crippen LogP contribution in [0.4, 0.5) is 5.13 Å². The summed E-state index contributed by atoms with van der Waals surface area (Å²) < 4.78 is 0. The number of fused-ring (bicyclic) bond motifs is 1. The lowest BCUT2D eigenvalue weighted by Gasteiger charge is -2.49. The molecule has 33 heavy (non-hydrogen) atoms. The number of nitrogens with one attached hydrogen (secondary N) is 1. The highest BCUT2D eigenvalue weighted by molar-refractivity contribution is 8.00. The van der Waals surface area contributed by atoms with E-state index >= 15 is 0 Å². The Labute approximate surface area is 201 Å². The van der Waals surface area contributed by atoms with E-state index in [1.54, 1.807) is 17.5 Å². The first-order valence-corrected chi connectivity index (χ1v) is 12.0. The van der Waals surface area contributed by atoms with Gasteiger partial charge in [0.15, 0.2) is 10.8 Å². The second kappa shape index (κ2) is 9.41. The lowest BCUT2D eigenvalue weighted by molar-refractivity contribution is -0.149. The molecular formula is C20H18ClN5O5S2. The summed E-state index contributed by atoms with van der Waals surface area (Å²) in [7, 11) is 1.28. The largest absolute Gasteiger partial charge is 0.477 e. The molecule has 0 radical (unpaired) electrons. The molecule has 172 valence electrons. The van der Waals surface area contributed by atoms with Crippen LogP contribution in [-0.2, 0) is 25.1 Å². The molecule has 0 unspecified atom stereocenters. The highest BCUT2D eigenvalue weighted by Crippen LogP contribution is 2.43. The van der Waals surface area contributed by atoms with E-state index in [4.69, 9.17) is 22.2 Å². The van der Waals surface area contributed by atoms with Crippen LogP contribution in [0.3, 0.4) is 0 Å². The van der Waals surface area contributed by atoms with E-state index in [-0.39, 0.29) is 22.2 Å². The van der Waals surface area contributed by atoms with Crippen LogP contribution in [0, 0.1) is 0 Å². The molecule has 0 spiro atoms. The molecule has 10 nitrogen and oxygen atoms in total. The molecule has 1 aromatic carbocycles. The maximum Gasteiger partial charge on any atom is 0.352 e. The van der Waals surface area contributed by atoms with E-state index in [0.717, 1.165) is 16.9 Å². The maximum atomic E-state index is 12.9. The van der Waals surface area contributed by atoms with Crippen LogP contribution >= 0.6 is 34.7 Å². The zero-order chi connectivity index (χ0) is 23.7. The highest BCUT2D eigenvalue weighted by atomic mass is 35.5. The topological polar surface area (TPSA) is 147 Å². The molecule has 2 atom stereocenters. The number of aliphatic carboxylic acids is 1. The number of carbonyl (C=O) groups excluding carboxylic acids is 2. The predicted molar refractivity (Wildman–Crippen MR) is 126 cm³/mol. The van der Waals surface area contributed by atoms with Gasteiger partial charge in [0.05, 0.1) is 0 Å². The first-order valence-electron chi connectivity index (χ1n) is 9.55. The average molecular weight is 508 g/mol. The molecule has 1 aromatic heterocycles. The molecule has 0 aliphatic carbocycles. The minimum Gasteiger partial charge on any atom is -0.477 e. The summed E-state index contributed by atoms with van der Waals surface area (Å²) in [6, 6.07) is 6.28. The fourth-order valence-corrected chi connectivity index (χ4v) is 5.64. The van der Waals surface area contributed by atoms with Gasteiger partial charge in [0, 0.05) is 22.6 Å². The number of hydrogen-bond donors (Lipinski definition) is 3. The van der Waals surface area contributed by atoms with Crippen LogP contribution in [0.1, 0.15) is 16.8 Å². The zero-order valence-electron chi connectivity index (χ0n) is 17.1. The third-order valence-electron chi connectivity index (χ3n) is 5.08. The third kappa shape index (κ3) is 4.28. The Bertz CT molecular complexity index is 1180. The van der Waals surface area contributed by atoms with Gasteiger partial charge in [-0.05, 0) is 11.1 Å². The normalized spacial score (nSPS) is 20.2. The van der Waals surface area contributed by atoms with Gasteiger partial charge in [0.1, 0.15) is 29.9 Å². The number of rotatable bonds is 7. The van der Waals surface area contributed by atoms with Crippen LogP contribution < -0.4 is 11.1 Å². The second-order valence-corrected chi connectivity index (χ2v) is 9.28. The Hall–Kier alpha value is -3.09. The number of halogens is 1. The quantitative estimate of drug-likeness (QED) is 0.222. The molecule has 2 amide bonds. The standard InChI is InChI=1S/C20H18ClN5O5S2/c1-31-25-13(12-8-33-20(22)23-12)16(27)24-14-17(28)26-15(19(29)30)11(7-32-18(14)26)10-4-2-9(6-21)3-5-10/h2-5,8,14,18H,6-7H2,1H3,(H2,22,23)(H,24,27)(H,29,30)/b25-13-/t14-,18-/m1/s1. The van der Waals surface area contributed by atoms with E-state index in [1.165, 1.54) is 23.8 Å². The van der Waals surface area contributed by atoms with Crippen molar-refractivity contribution in [3.63, 3.8) is 0 Å². The number of benzene rings is 1. The summed E-state index contributed by atoms with van der Waals surface area (Å²) in [4.78, 5) is 47.8. The Balaban J connectivity index is 1.57. The van der Waals surface area contributed by atoms with Gasteiger partial charge < -0.3 is 21.0 Å². The molecule has 2 aliphatic heterocycles. The lowest BCUT2D eigenvalue weighted by atomic mass is 9.98. The van der Waals surface area contributed by atoms with E-state index in [9.17, 15) is 19.5 Å². The van der Waals surface area contributed by atoms with Crippen molar-refractivity contribution >= 4 is 68.9 Å². The van der Waals surface area contributed by atoms with E-state index in [1.807, 2.05) is 12.1 Å². The number of aromatic nitrogens is 1. The van der Waals surface area contributed by atoms with Crippen LogP contribution in [-0.4, -0.2) is 62.8 Å². The molecular weight excluding hydrogens is 490 g/mol. The van der Waals surface area contributed by atoms with Crippen LogP contribution in [0.15, 0.2) is 40.5 Å². The summed E-state index contributed by atoms with van der Waals surface area (Å²) in [6.07, 6.45) is 0. The maximum absolute atomic E-state index is 12.9. The number of nitrogen functional groups attached to an aromatic ring is 1. The van der Waals surface area contributed by atoms with Gasteiger partial charge >= 0.3 is 5.97 Å². The minimum atomic E-state index is -1.21. The van der Waals surface area contributed by atoms with Crippen molar-refractivity contribution in [3.05, 3.63) is 52.2 Å². The zero-order valence-corrected chi connectivity index (χ0v) is 19.5. The molecule has 4 rings (SSSR count). The summed E-state index contributed by atoms with van der Waals surface area (Å²) in [6.45, 7) is 0. The average Bonchev–Trinajstić information content (AvgIpc) is 3.25. The van der Waals surface area contributed by atoms with Gasteiger partial charge in [-0.25, -0.2) is 9.78 Å². The molecule has 0 bridgehead atoms. The molecule has 3 heterocycles. The van der Waals surface area contributed by atoms with Gasteiger partial charge in [-0.3, -0.25) is 14.5 Å². The van der Waals surface area contributed by atoms with Gasteiger partial charge in [0.25, 0.3) is 11.8 Å². The Morgan fingerprint density at radius 2 is 2.12 bits per heavy atom. The molecule has 0 saturated carbocycles. The van der Waals surface area contributed by atoms with Gasteiger partial charge in [-0.15, -0.1) is 34.7 Å². The Morgan fingerprint density at radius 3 is 2.70 bits per heavy atom. The first kappa shape index (κ1) is 23.1. The number of β-lactam (4-membered cyclic amide) rings is 1. The summed E-state index contributed by atoms with van der Waals surface area (Å²) in [5.74, 6) is -1.72. The Morgan fingerprint density at radius 1 is 1.39 bits per heavy atom. The van der Waals surface area contributed by atoms with Gasteiger partial charge in [-0.1, -0.05) is 29.4 Å². The second-order valence-electron chi connectivity index (χ2n) is 7.02. The van der Waals surface area contributed by atoms with Crippen molar-refractivity contribution in [1.29, 1.82) is 0 Å². The summed E-state index contributed by atoms with van der Waals surface area (Å²) in [5, 5.41) is 17.4. The van der Waals surface area contributed by atoms with Crippen molar-refractivity contribution < 1.29 is 24.3 Å². The molecule has 1 saturated heterocycles. The van der Waals surface area contributed by atoms with Gasteiger partial charge in [0.2, 0.25) is 0 Å². The number of carboxylic acid groups (broad SMARTS) is 1. The lowest BCUT2D eigenvalue weighted by Crippen LogP contribution is -2.71. The van der Waals surface area contributed by atoms with Crippen molar-refractivity contribution in [3.8, 4) is 0 Å². The molecule has 1 fully saturated rings. The van der Waals surface area contributed by atoms with Crippen LogP contribution in [0.2, 0.25) is 0 Å². The number of carbonyl (C=O) groups is 3. The van der Waals surface area contributed by atoms with Crippen molar-refractivity contribution in [2.24, 2.45) is 5.16 Å². The number of hydrogen-bond acceptors (Lipinski definition) is 9. The first-order chi connectivity index (χ1) is 15.8. The SMILES string of the molecule is CO/N=C(\C(=O)N[C@@H]1C(=O)N2C(C(=O)O)=C(c3ccc(CCl)cc3)CS[C@H]12)c1csc(N)n1. The van der Waals surface area contributed by atoms with E-state index in [2.05, 4.69) is 15.5 Å². The van der Waals surface area contributed by atoms with Gasteiger partial charge in [-0.2, -0.15) is 0 Å². The minimum absolute atomic E-state index is 0.0917. The fraction of sp³-hybridized carbons (Fsp3) is 0.250. The number of carboxylic acids is 1. The van der Waals surface area contributed by atoms with E-state index < -0.39 is 29.2 Å². The number of alkyl halides is 1. The number of nitrogens with zero attached hydrogens (tertiary/aromatic N) is 3. The highest BCUT2D eigenvalue weighted by Gasteiger charge is 2.54. The molecule has 4 N–H and O–H groups in total. The number of oxime groups is 1. The van der Waals surface area contributed by atoms with Crippen molar-refractivity contribution in [2.45, 2.75) is 17.3 Å². The molecule has 13 heteroatoms. The van der Waals surface area contributed by atoms with Crippen LogP contribution in [0.5, 0.6) is 0 Å². The number of amides is 2. The third-order valence-corrected chi connectivity index (χ3v) is 7.34. The van der Waals surface area contributed by atoms with E-state index in [0.29, 0.717) is 22.8 Å². The van der Waals surface area contributed by atoms with Crippen molar-refractivity contribution in [1.82, 2.24) is 15.2 Å². The van der Waals surface area contributed by atoms with Crippen molar-refractivity contribution in [2.75, 3.05) is 18.6 Å². The number of nitrogens with two attached hydrogens (primary N) is 1. The summed E-state index contributed by atoms with van der Waals surface area (Å²) >= 11 is 8.32. The Kier molecular flexibility index (Phi) is 6.58. The number of anilines is 1. The molecule has 2 aliphatic rings. The van der Waals surface area contributed by atoms with Crippen LogP contribution in [0.25, 0.3) is 5.57 Å². The molecule has 2 aromatic rings.